The molecule has 1 aromatic heterocycles. The fourth-order valence-electron chi connectivity index (χ4n) is 3.46. The van der Waals surface area contributed by atoms with Crippen LogP contribution >= 0.6 is 11.3 Å². The molecule has 1 saturated carbocycles. The molecule has 1 amide bonds. The molecule has 152 valence electrons. The Hall–Kier alpha value is -2.81. The molecule has 0 atom stereocenters. The largest absolute Gasteiger partial charge is 0.298 e. The van der Waals surface area contributed by atoms with Crippen molar-refractivity contribution in [3.63, 3.8) is 0 Å². The number of aromatic nitrogens is 1. The van der Waals surface area contributed by atoms with E-state index in [1.54, 1.807) is 7.05 Å². The van der Waals surface area contributed by atoms with Gasteiger partial charge < -0.3 is 0 Å². The molecule has 5 rings (SSSR count). The van der Waals surface area contributed by atoms with E-state index in [0.717, 1.165) is 33.8 Å². The number of benzene rings is 3. The second-order valence-corrected chi connectivity index (χ2v) is 10.4. The van der Waals surface area contributed by atoms with Crippen molar-refractivity contribution in [3.8, 4) is 0 Å². The van der Waals surface area contributed by atoms with Gasteiger partial charge in [0.2, 0.25) is 10.0 Å². The summed E-state index contributed by atoms with van der Waals surface area (Å²) >= 11 is 1.41. The van der Waals surface area contributed by atoms with Crippen LogP contribution in [0, 0.1) is 0 Å². The topological polar surface area (TPSA) is 79.4 Å². The lowest BCUT2D eigenvalue weighted by atomic mass is 10.1. The van der Waals surface area contributed by atoms with E-state index in [2.05, 4.69) is 10.3 Å². The summed E-state index contributed by atoms with van der Waals surface area (Å²) in [7, 11) is -1.92. The normalized spacial score (nSPS) is 14.5. The van der Waals surface area contributed by atoms with Crippen LogP contribution in [0.15, 0.2) is 65.6 Å². The van der Waals surface area contributed by atoms with Crippen molar-refractivity contribution in [2.45, 2.75) is 23.8 Å². The second kappa shape index (κ2) is 7.16. The van der Waals surface area contributed by atoms with Crippen LogP contribution in [0.3, 0.4) is 0 Å². The van der Waals surface area contributed by atoms with E-state index in [0.29, 0.717) is 10.7 Å². The van der Waals surface area contributed by atoms with Crippen molar-refractivity contribution < 1.29 is 13.2 Å². The lowest BCUT2D eigenvalue weighted by molar-refractivity contribution is 0.102. The number of carbonyl (C=O) groups excluding carboxylic acids is 1. The first-order valence-corrected chi connectivity index (χ1v) is 11.9. The predicted octanol–water partition coefficient (Wildman–Crippen LogP) is 4.48. The lowest BCUT2D eigenvalue weighted by Gasteiger charge is -2.16. The number of fused-ring (bicyclic) bond motifs is 3. The molecular weight excluding hydrogens is 418 g/mol. The van der Waals surface area contributed by atoms with Gasteiger partial charge in [-0.1, -0.05) is 41.7 Å². The Balaban J connectivity index is 1.38. The minimum absolute atomic E-state index is 0.0908. The first-order chi connectivity index (χ1) is 14.4. The quantitative estimate of drug-likeness (QED) is 0.499. The summed E-state index contributed by atoms with van der Waals surface area (Å²) in [6.45, 7) is 0. The van der Waals surface area contributed by atoms with E-state index in [4.69, 9.17) is 0 Å². The van der Waals surface area contributed by atoms with Crippen LogP contribution in [0.1, 0.15) is 23.2 Å². The van der Waals surface area contributed by atoms with E-state index in [1.165, 1.54) is 39.9 Å². The van der Waals surface area contributed by atoms with Crippen LogP contribution in [0.2, 0.25) is 0 Å². The van der Waals surface area contributed by atoms with Gasteiger partial charge >= 0.3 is 0 Å². The summed E-state index contributed by atoms with van der Waals surface area (Å²) in [5.41, 5.74) is 1.24. The standard InChI is InChI=1S/C22H19N3O3S2/c1-25(16-9-10-16)30(27,28)17-11-6-15(7-12-17)21(26)24-22-23-20-18-5-3-2-4-14(18)8-13-19(20)29-22/h2-8,11-13,16H,9-10H2,1H3,(H,23,24,26). The zero-order chi connectivity index (χ0) is 20.9. The van der Waals surface area contributed by atoms with Crippen molar-refractivity contribution in [3.05, 3.63) is 66.2 Å². The van der Waals surface area contributed by atoms with Crippen LogP contribution in [-0.4, -0.2) is 36.7 Å². The van der Waals surface area contributed by atoms with Gasteiger partial charge in [-0.15, -0.1) is 0 Å². The molecule has 30 heavy (non-hydrogen) atoms. The third kappa shape index (κ3) is 3.36. The molecule has 1 N–H and O–H groups in total. The van der Waals surface area contributed by atoms with Crippen molar-refractivity contribution in [1.82, 2.24) is 9.29 Å². The number of hydrogen-bond acceptors (Lipinski definition) is 5. The predicted molar refractivity (Wildman–Crippen MR) is 119 cm³/mol. The highest BCUT2D eigenvalue weighted by Crippen LogP contribution is 2.32. The molecule has 0 spiro atoms. The molecule has 3 aromatic carbocycles. The van der Waals surface area contributed by atoms with Crippen molar-refractivity contribution in [2.24, 2.45) is 0 Å². The van der Waals surface area contributed by atoms with Gasteiger partial charge in [-0.2, -0.15) is 4.31 Å². The third-order valence-electron chi connectivity index (χ3n) is 5.36. The number of rotatable bonds is 5. The van der Waals surface area contributed by atoms with E-state index in [9.17, 15) is 13.2 Å². The Morgan fingerprint density at radius 1 is 1.07 bits per heavy atom. The number of sulfonamides is 1. The number of thiazole rings is 1. The average molecular weight is 438 g/mol. The van der Waals surface area contributed by atoms with Gasteiger partial charge in [0.25, 0.3) is 5.91 Å². The average Bonchev–Trinajstić information content (AvgIpc) is 3.52. The molecule has 1 aliphatic carbocycles. The maximum Gasteiger partial charge on any atom is 0.257 e. The fraction of sp³-hybridized carbons (Fsp3) is 0.182. The zero-order valence-corrected chi connectivity index (χ0v) is 17.8. The fourth-order valence-corrected chi connectivity index (χ4v) is 5.76. The molecule has 0 aliphatic heterocycles. The van der Waals surface area contributed by atoms with E-state index >= 15 is 0 Å². The molecular formula is C22H19N3O3S2. The highest BCUT2D eigenvalue weighted by Gasteiger charge is 2.35. The van der Waals surface area contributed by atoms with Gasteiger partial charge in [0.1, 0.15) is 0 Å². The highest BCUT2D eigenvalue weighted by atomic mass is 32.2. The second-order valence-electron chi connectivity index (χ2n) is 7.38. The first-order valence-electron chi connectivity index (χ1n) is 9.61. The Morgan fingerprint density at radius 3 is 2.53 bits per heavy atom. The molecule has 1 heterocycles. The lowest BCUT2D eigenvalue weighted by Crippen LogP contribution is -2.29. The monoisotopic (exact) mass is 437 g/mol. The Morgan fingerprint density at radius 2 is 1.80 bits per heavy atom. The minimum atomic E-state index is -3.52. The first kappa shape index (κ1) is 19.2. The van der Waals surface area contributed by atoms with E-state index < -0.39 is 10.0 Å². The molecule has 1 aliphatic rings. The van der Waals surface area contributed by atoms with Gasteiger partial charge in [0, 0.05) is 24.0 Å². The number of anilines is 1. The Bertz CT molecular complexity index is 1370. The van der Waals surface area contributed by atoms with Gasteiger partial charge in [-0.3, -0.25) is 10.1 Å². The van der Waals surface area contributed by atoms with Crippen LogP contribution in [0.5, 0.6) is 0 Å². The zero-order valence-electron chi connectivity index (χ0n) is 16.2. The van der Waals surface area contributed by atoms with Crippen molar-refractivity contribution in [2.75, 3.05) is 12.4 Å². The Labute approximate surface area is 178 Å². The number of carbonyl (C=O) groups is 1. The number of amides is 1. The molecule has 0 saturated heterocycles. The summed E-state index contributed by atoms with van der Waals surface area (Å²) in [4.78, 5) is 17.5. The summed E-state index contributed by atoms with van der Waals surface area (Å²) in [6.07, 6.45) is 1.79. The number of nitrogens with zero attached hydrogens (tertiary/aromatic N) is 2. The maximum atomic E-state index is 12.7. The highest BCUT2D eigenvalue weighted by molar-refractivity contribution is 7.89. The molecule has 8 heteroatoms. The molecule has 0 unspecified atom stereocenters. The van der Waals surface area contributed by atoms with Gasteiger partial charge in [0.05, 0.1) is 15.1 Å². The molecule has 1 fully saturated rings. The summed E-state index contributed by atoms with van der Waals surface area (Å²) < 4.78 is 27.6. The van der Waals surface area contributed by atoms with Crippen molar-refractivity contribution in [1.29, 1.82) is 0 Å². The molecule has 0 radical (unpaired) electrons. The van der Waals surface area contributed by atoms with Gasteiger partial charge in [0.15, 0.2) is 5.13 Å². The summed E-state index contributed by atoms with van der Waals surface area (Å²) in [5.74, 6) is -0.321. The summed E-state index contributed by atoms with van der Waals surface area (Å²) in [5, 5.41) is 5.48. The number of hydrogen-bond donors (Lipinski definition) is 1. The van der Waals surface area contributed by atoms with Gasteiger partial charge in [-0.05, 0) is 48.6 Å². The minimum Gasteiger partial charge on any atom is -0.298 e. The molecule has 0 bridgehead atoms. The molecule has 6 nitrogen and oxygen atoms in total. The summed E-state index contributed by atoms with van der Waals surface area (Å²) in [6, 6.07) is 18.2. The van der Waals surface area contributed by atoms with E-state index in [-0.39, 0.29) is 16.8 Å². The van der Waals surface area contributed by atoms with Crippen molar-refractivity contribution >= 4 is 53.4 Å². The third-order valence-corrected chi connectivity index (χ3v) is 8.22. The maximum absolute atomic E-state index is 12.7. The van der Waals surface area contributed by atoms with E-state index in [1.807, 2.05) is 36.4 Å². The van der Waals surface area contributed by atoms with Crippen LogP contribution < -0.4 is 5.32 Å². The van der Waals surface area contributed by atoms with Crippen LogP contribution in [0.4, 0.5) is 5.13 Å². The Kier molecular flexibility index (Phi) is 4.57. The SMILES string of the molecule is CN(C1CC1)S(=O)(=O)c1ccc(C(=O)Nc2nc3c(ccc4ccccc43)s2)cc1. The van der Waals surface area contributed by atoms with Crippen LogP contribution in [-0.2, 0) is 10.0 Å². The smallest absolute Gasteiger partial charge is 0.257 e. The molecule has 4 aromatic rings. The number of nitrogens with one attached hydrogen (secondary N) is 1. The van der Waals surface area contributed by atoms with Gasteiger partial charge in [-0.25, -0.2) is 13.4 Å². The van der Waals surface area contributed by atoms with Crippen LogP contribution in [0.25, 0.3) is 21.0 Å².